The maximum atomic E-state index is 12.5. The first-order valence-electron chi connectivity index (χ1n) is 9.65. The van der Waals surface area contributed by atoms with Gasteiger partial charge in [-0.1, -0.05) is 0 Å². The summed E-state index contributed by atoms with van der Waals surface area (Å²) in [5.74, 6) is -0.829. The van der Waals surface area contributed by atoms with Gasteiger partial charge in [-0.2, -0.15) is 0 Å². The van der Waals surface area contributed by atoms with E-state index in [1.165, 1.54) is 4.90 Å². The summed E-state index contributed by atoms with van der Waals surface area (Å²) in [5, 5.41) is 2.74. The van der Waals surface area contributed by atoms with Gasteiger partial charge in [0.15, 0.2) is 9.84 Å². The van der Waals surface area contributed by atoms with Crippen LogP contribution in [0, 0.1) is 5.92 Å². The van der Waals surface area contributed by atoms with E-state index in [1.807, 2.05) is 0 Å². The average molecular weight is 418 g/mol. The van der Waals surface area contributed by atoms with Gasteiger partial charge in [0.25, 0.3) is 0 Å². The number of ether oxygens (including phenoxy) is 1. The highest BCUT2D eigenvalue weighted by molar-refractivity contribution is 7.91. The second kappa shape index (κ2) is 8.67. The number of carbonyl (C=O) groups is 3. The summed E-state index contributed by atoms with van der Waals surface area (Å²) in [6, 6.07) is -0.711. The van der Waals surface area contributed by atoms with Gasteiger partial charge in [-0.15, -0.1) is 0 Å². The zero-order valence-electron chi connectivity index (χ0n) is 17.1. The molecule has 9 nitrogen and oxygen atoms in total. The Bertz CT molecular complexity index is 693. The molecule has 0 aromatic rings. The lowest BCUT2D eigenvalue weighted by molar-refractivity contribution is -0.137. The maximum Gasteiger partial charge on any atom is 0.410 e. The van der Waals surface area contributed by atoms with Gasteiger partial charge in [-0.05, 0) is 40.5 Å². The van der Waals surface area contributed by atoms with Crippen LogP contribution >= 0.6 is 0 Å². The molecular formula is C18H31N3O6S. The van der Waals surface area contributed by atoms with E-state index in [9.17, 15) is 22.8 Å². The Morgan fingerprint density at radius 2 is 1.54 bits per heavy atom. The molecule has 1 unspecified atom stereocenters. The predicted octanol–water partition coefficient (Wildman–Crippen LogP) is 0.395. The van der Waals surface area contributed by atoms with E-state index in [2.05, 4.69) is 5.32 Å². The monoisotopic (exact) mass is 417 g/mol. The van der Waals surface area contributed by atoms with E-state index < -0.39 is 21.5 Å². The Balaban J connectivity index is 1.79. The van der Waals surface area contributed by atoms with Crippen LogP contribution in [0.25, 0.3) is 0 Å². The molecule has 0 saturated carbocycles. The number of piperidine rings is 1. The van der Waals surface area contributed by atoms with Crippen LogP contribution in [0.5, 0.6) is 0 Å². The van der Waals surface area contributed by atoms with Crippen LogP contribution in [0.4, 0.5) is 4.79 Å². The summed E-state index contributed by atoms with van der Waals surface area (Å²) >= 11 is 0. The predicted molar refractivity (Wildman–Crippen MR) is 103 cm³/mol. The van der Waals surface area contributed by atoms with Gasteiger partial charge in [-0.3, -0.25) is 9.59 Å². The number of sulfone groups is 1. The molecule has 160 valence electrons. The van der Waals surface area contributed by atoms with Crippen molar-refractivity contribution in [3.8, 4) is 0 Å². The maximum absolute atomic E-state index is 12.5. The fraction of sp³-hybridized carbons (Fsp3) is 0.833. The first kappa shape index (κ1) is 22.4. The summed E-state index contributed by atoms with van der Waals surface area (Å²) < 4.78 is 28.3. The highest BCUT2D eigenvalue weighted by Crippen LogP contribution is 2.20. The fourth-order valence-corrected chi connectivity index (χ4v) is 4.45. The summed E-state index contributed by atoms with van der Waals surface area (Å²) in [5.41, 5.74) is -0.561. The van der Waals surface area contributed by atoms with Crippen molar-refractivity contribution in [3.63, 3.8) is 0 Å². The molecule has 10 heteroatoms. The molecule has 28 heavy (non-hydrogen) atoms. The molecule has 2 heterocycles. The zero-order chi connectivity index (χ0) is 21.1. The topological polar surface area (TPSA) is 113 Å². The van der Waals surface area contributed by atoms with Gasteiger partial charge < -0.3 is 19.9 Å². The highest BCUT2D eigenvalue weighted by atomic mass is 32.2. The van der Waals surface area contributed by atoms with Crippen molar-refractivity contribution in [2.45, 2.75) is 52.2 Å². The van der Waals surface area contributed by atoms with Crippen molar-refractivity contribution >= 4 is 27.7 Å². The van der Waals surface area contributed by atoms with Crippen molar-refractivity contribution in [1.82, 2.24) is 15.1 Å². The molecule has 2 rings (SSSR count). The van der Waals surface area contributed by atoms with E-state index in [-0.39, 0.29) is 48.4 Å². The second-order valence-corrected chi connectivity index (χ2v) is 10.8. The highest BCUT2D eigenvalue weighted by Gasteiger charge is 2.32. The lowest BCUT2D eigenvalue weighted by Gasteiger charge is -2.34. The molecule has 2 saturated heterocycles. The molecule has 2 fully saturated rings. The molecule has 0 radical (unpaired) electrons. The van der Waals surface area contributed by atoms with Crippen molar-refractivity contribution in [1.29, 1.82) is 0 Å². The molecule has 2 aliphatic heterocycles. The average Bonchev–Trinajstić information content (AvgIpc) is 2.59. The molecule has 0 aliphatic carbocycles. The van der Waals surface area contributed by atoms with E-state index in [1.54, 1.807) is 32.6 Å². The van der Waals surface area contributed by atoms with Crippen molar-refractivity contribution in [3.05, 3.63) is 0 Å². The number of nitrogens with zero attached hydrogens (tertiary/aromatic N) is 2. The minimum atomic E-state index is -3.06. The molecule has 2 aliphatic rings. The largest absolute Gasteiger partial charge is 0.444 e. The van der Waals surface area contributed by atoms with E-state index in [0.29, 0.717) is 25.9 Å². The quantitative estimate of drug-likeness (QED) is 0.711. The molecule has 1 atom stereocenters. The SMILES string of the molecule is CC(NC(=O)C1CCN(C(=O)OC(C)(C)C)CC1)C(=O)N1CCS(=O)(=O)CC1. The Morgan fingerprint density at radius 3 is 2.04 bits per heavy atom. The van der Waals surface area contributed by atoms with Gasteiger partial charge in [-0.25, -0.2) is 13.2 Å². The van der Waals surface area contributed by atoms with E-state index >= 15 is 0 Å². The Morgan fingerprint density at radius 1 is 1.00 bits per heavy atom. The third-order valence-corrected chi connectivity index (χ3v) is 6.51. The molecule has 3 amide bonds. The van der Waals surface area contributed by atoms with Crippen LogP contribution in [0.1, 0.15) is 40.5 Å². The molecule has 0 bridgehead atoms. The molecular weight excluding hydrogens is 386 g/mol. The van der Waals surface area contributed by atoms with Crippen molar-refractivity contribution in [2.75, 3.05) is 37.7 Å². The standard InChI is InChI=1S/C18H31N3O6S/c1-13(16(23)20-9-11-28(25,26)12-10-20)19-15(22)14-5-7-21(8-6-14)17(24)27-18(2,3)4/h13-14H,5-12H2,1-4H3,(H,19,22). The smallest absolute Gasteiger partial charge is 0.410 e. The third-order valence-electron chi connectivity index (χ3n) is 4.90. The number of nitrogens with one attached hydrogen (secondary N) is 1. The Hall–Kier alpha value is -1.84. The van der Waals surface area contributed by atoms with Crippen LogP contribution in [0.3, 0.4) is 0 Å². The summed E-state index contributed by atoms with van der Waals surface area (Å²) in [6.45, 7) is 8.22. The van der Waals surface area contributed by atoms with Crippen LogP contribution in [0.15, 0.2) is 0 Å². The van der Waals surface area contributed by atoms with Crippen molar-refractivity contribution < 1.29 is 27.5 Å². The number of rotatable bonds is 3. The van der Waals surface area contributed by atoms with Gasteiger partial charge in [0.2, 0.25) is 11.8 Å². The fourth-order valence-electron chi connectivity index (χ4n) is 3.25. The minimum absolute atomic E-state index is 0.0392. The number of carbonyl (C=O) groups excluding carboxylic acids is 3. The van der Waals surface area contributed by atoms with Crippen LogP contribution in [-0.4, -0.2) is 85.5 Å². The third kappa shape index (κ3) is 6.35. The summed E-state index contributed by atoms with van der Waals surface area (Å²) in [4.78, 5) is 40.1. The zero-order valence-corrected chi connectivity index (χ0v) is 17.9. The number of amides is 3. The lowest BCUT2D eigenvalue weighted by Crippen LogP contribution is -2.53. The molecule has 0 aromatic carbocycles. The summed E-state index contributed by atoms with van der Waals surface area (Å²) in [6.07, 6.45) is 0.636. The second-order valence-electron chi connectivity index (χ2n) is 8.45. The van der Waals surface area contributed by atoms with Crippen LogP contribution < -0.4 is 5.32 Å². The number of hydrogen-bond donors (Lipinski definition) is 1. The Labute approximate surface area is 166 Å². The number of hydrogen-bond acceptors (Lipinski definition) is 6. The van der Waals surface area contributed by atoms with Gasteiger partial charge in [0, 0.05) is 32.1 Å². The van der Waals surface area contributed by atoms with Gasteiger partial charge in [0.05, 0.1) is 11.5 Å². The van der Waals surface area contributed by atoms with Gasteiger partial charge >= 0.3 is 6.09 Å². The number of likely N-dealkylation sites (tertiary alicyclic amines) is 1. The van der Waals surface area contributed by atoms with Crippen LogP contribution in [-0.2, 0) is 24.2 Å². The first-order chi connectivity index (χ1) is 12.9. The van der Waals surface area contributed by atoms with E-state index in [0.717, 1.165) is 0 Å². The normalized spacial score (nSPS) is 21.7. The molecule has 1 N–H and O–H groups in total. The molecule has 0 aromatic heterocycles. The summed E-state index contributed by atoms with van der Waals surface area (Å²) in [7, 11) is -3.06. The van der Waals surface area contributed by atoms with Crippen LogP contribution in [0.2, 0.25) is 0 Å². The van der Waals surface area contributed by atoms with E-state index in [4.69, 9.17) is 4.74 Å². The van der Waals surface area contributed by atoms with Crippen molar-refractivity contribution in [2.24, 2.45) is 5.92 Å². The Kier molecular flexibility index (Phi) is 6.95. The molecule has 0 spiro atoms. The van der Waals surface area contributed by atoms with Gasteiger partial charge in [0.1, 0.15) is 11.6 Å². The minimum Gasteiger partial charge on any atom is -0.444 e. The lowest BCUT2D eigenvalue weighted by atomic mass is 9.96. The first-order valence-corrected chi connectivity index (χ1v) is 11.5.